The smallest absolute Gasteiger partial charge is 0.0594 e. The molecule has 0 bridgehead atoms. The van der Waals surface area contributed by atoms with Gasteiger partial charge in [-0.25, -0.2) is 0 Å². The van der Waals surface area contributed by atoms with Crippen LogP contribution in [-0.2, 0) is 4.74 Å². The minimum absolute atomic E-state index is 0.350. The van der Waals surface area contributed by atoms with E-state index in [1.165, 1.54) is 19.3 Å². The normalized spacial score (nSPS) is 29.6. The van der Waals surface area contributed by atoms with Crippen LogP contribution in [0.4, 0.5) is 0 Å². The fraction of sp³-hybridized carbons (Fsp3) is 1.00. The van der Waals surface area contributed by atoms with E-state index in [4.69, 9.17) is 4.74 Å². The number of rotatable bonds is 5. The lowest BCUT2D eigenvalue weighted by atomic mass is 9.70. The molecule has 16 heavy (non-hydrogen) atoms. The molecule has 1 saturated carbocycles. The van der Waals surface area contributed by atoms with Crippen molar-refractivity contribution < 1.29 is 4.74 Å². The average Bonchev–Trinajstić information content (AvgIpc) is 2.08. The molecule has 0 aromatic carbocycles. The molecule has 1 fully saturated rings. The zero-order valence-corrected chi connectivity index (χ0v) is 11.7. The predicted octanol–water partition coefficient (Wildman–Crippen LogP) is 3.22. The number of ether oxygens (including phenoxy) is 1. The number of nitrogens with one attached hydrogen (secondary N) is 1. The summed E-state index contributed by atoms with van der Waals surface area (Å²) in [7, 11) is 0. The van der Waals surface area contributed by atoms with Crippen LogP contribution in [0.1, 0.15) is 53.9 Å². The highest BCUT2D eigenvalue weighted by Crippen LogP contribution is 2.38. The van der Waals surface area contributed by atoms with Gasteiger partial charge in [0.1, 0.15) is 0 Å². The Morgan fingerprint density at radius 1 is 1.31 bits per heavy atom. The van der Waals surface area contributed by atoms with Gasteiger partial charge < -0.3 is 10.1 Å². The first kappa shape index (κ1) is 14.0. The van der Waals surface area contributed by atoms with Crippen molar-refractivity contribution in [3.63, 3.8) is 0 Å². The van der Waals surface area contributed by atoms with Crippen LogP contribution in [0, 0.1) is 11.3 Å². The predicted molar refractivity (Wildman–Crippen MR) is 69.7 cm³/mol. The lowest BCUT2D eigenvalue weighted by Gasteiger charge is -2.39. The third-order valence-electron chi connectivity index (χ3n) is 3.37. The van der Waals surface area contributed by atoms with Crippen molar-refractivity contribution in [1.82, 2.24) is 5.32 Å². The monoisotopic (exact) mass is 227 g/mol. The molecule has 0 aromatic rings. The van der Waals surface area contributed by atoms with Gasteiger partial charge in [0.15, 0.2) is 0 Å². The quantitative estimate of drug-likeness (QED) is 0.728. The number of hydrogen-bond donors (Lipinski definition) is 1. The van der Waals surface area contributed by atoms with E-state index < -0.39 is 0 Å². The van der Waals surface area contributed by atoms with Crippen LogP contribution in [0.5, 0.6) is 0 Å². The summed E-state index contributed by atoms with van der Waals surface area (Å²) in [6.45, 7) is 13.2. The van der Waals surface area contributed by atoms with Gasteiger partial charge in [0, 0.05) is 12.6 Å². The molecule has 0 amide bonds. The van der Waals surface area contributed by atoms with Crippen molar-refractivity contribution in [3.8, 4) is 0 Å². The van der Waals surface area contributed by atoms with Gasteiger partial charge in [-0.3, -0.25) is 0 Å². The Morgan fingerprint density at radius 2 is 2.00 bits per heavy atom. The van der Waals surface area contributed by atoms with Gasteiger partial charge in [0.25, 0.3) is 0 Å². The third kappa shape index (κ3) is 5.31. The molecule has 0 radical (unpaired) electrons. The second-order valence-corrected chi connectivity index (χ2v) is 6.48. The highest BCUT2D eigenvalue weighted by atomic mass is 16.5. The van der Waals surface area contributed by atoms with Crippen molar-refractivity contribution in [2.75, 3.05) is 13.2 Å². The summed E-state index contributed by atoms with van der Waals surface area (Å²) in [5.74, 6) is 0.854. The van der Waals surface area contributed by atoms with Gasteiger partial charge in [0.05, 0.1) is 12.7 Å². The SMILES string of the molecule is CC1CC(NCCOC(C)C)CC(C)(C)C1. The maximum absolute atomic E-state index is 5.55. The van der Waals surface area contributed by atoms with E-state index in [0.717, 1.165) is 19.1 Å². The summed E-state index contributed by atoms with van der Waals surface area (Å²) in [6.07, 6.45) is 4.35. The fourth-order valence-corrected chi connectivity index (χ4v) is 3.06. The molecular formula is C14H29NO. The fourth-order valence-electron chi connectivity index (χ4n) is 3.06. The van der Waals surface area contributed by atoms with E-state index in [-0.39, 0.29) is 0 Å². The van der Waals surface area contributed by atoms with Gasteiger partial charge >= 0.3 is 0 Å². The topological polar surface area (TPSA) is 21.3 Å². The van der Waals surface area contributed by atoms with E-state index in [2.05, 4.69) is 39.9 Å². The molecule has 1 rings (SSSR count). The van der Waals surface area contributed by atoms with Crippen LogP contribution in [0.3, 0.4) is 0 Å². The molecular weight excluding hydrogens is 198 g/mol. The summed E-state index contributed by atoms with van der Waals surface area (Å²) in [4.78, 5) is 0. The molecule has 0 saturated heterocycles. The molecule has 96 valence electrons. The highest BCUT2D eigenvalue weighted by Gasteiger charge is 2.31. The van der Waals surface area contributed by atoms with E-state index in [0.29, 0.717) is 17.6 Å². The van der Waals surface area contributed by atoms with Crippen molar-refractivity contribution in [2.24, 2.45) is 11.3 Å². The van der Waals surface area contributed by atoms with Crippen LogP contribution >= 0.6 is 0 Å². The third-order valence-corrected chi connectivity index (χ3v) is 3.37. The molecule has 2 atom stereocenters. The Bertz CT molecular complexity index is 201. The number of hydrogen-bond acceptors (Lipinski definition) is 2. The lowest BCUT2D eigenvalue weighted by Crippen LogP contribution is -2.41. The molecule has 2 nitrogen and oxygen atoms in total. The van der Waals surface area contributed by atoms with Crippen LogP contribution < -0.4 is 5.32 Å². The second kappa shape index (κ2) is 6.02. The highest BCUT2D eigenvalue weighted by molar-refractivity contribution is 4.86. The van der Waals surface area contributed by atoms with Crippen LogP contribution in [0.2, 0.25) is 0 Å². The summed E-state index contributed by atoms with van der Waals surface area (Å²) in [5, 5.41) is 3.64. The van der Waals surface area contributed by atoms with Gasteiger partial charge in [-0.05, 0) is 44.4 Å². The van der Waals surface area contributed by atoms with E-state index >= 15 is 0 Å². The van der Waals surface area contributed by atoms with Crippen LogP contribution in [0.15, 0.2) is 0 Å². The van der Waals surface area contributed by atoms with Crippen molar-refractivity contribution in [3.05, 3.63) is 0 Å². The summed E-state index contributed by atoms with van der Waals surface area (Å²) < 4.78 is 5.55. The van der Waals surface area contributed by atoms with E-state index in [1.54, 1.807) is 0 Å². The first-order valence-corrected chi connectivity index (χ1v) is 6.74. The van der Waals surface area contributed by atoms with Crippen molar-refractivity contribution >= 4 is 0 Å². The molecule has 0 spiro atoms. The summed E-state index contributed by atoms with van der Waals surface area (Å²) >= 11 is 0. The van der Waals surface area contributed by atoms with Crippen LogP contribution in [-0.4, -0.2) is 25.3 Å². The second-order valence-electron chi connectivity index (χ2n) is 6.48. The Labute approximate surface area is 101 Å². The standard InChI is InChI=1S/C14H29NO/c1-11(2)16-7-6-15-13-8-12(3)9-14(4,5)10-13/h11-13,15H,6-10H2,1-5H3. The minimum Gasteiger partial charge on any atom is -0.377 e. The minimum atomic E-state index is 0.350. The lowest BCUT2D eigenvalue weighted by molar-refractivity contribution is 0.0737. The molecule has 1 aliphatic rings. The Balaban J connectivity index is 2.21. The van der Waals surface area contributed by atoms with Gasteiger partial charge in [-0.15, -0.1) is 0 Å². The van der Waals surface area contributed by atoms with Crippen molar-refractivity contribution in [2.45, 2.75) is 66.0 Å². The van der Waals surface area contributed by atoms with Gasteiger partial charge in [-0.2, -0.15) is 0 Å². The molecule has 2 unspecified atom stereocenters. The molecule has 1 aliphatic carbocycles. The molecule has 0 aliphatic heterocycles. The molecule has 0 heterocycles. The molecule has 0 aromatic heterocycles. The first-order chi connectivity index (χ1) is 7.39. The molecule has 2 heteroatoms. The largest absolute Gasteiger partial charge is 0.377 e. The van der Waals surface area contributed by atoms with Gasteiger partial charge in [-0.1, -0.05) is 20.8 Å². The summed E-state index contributed by atoms with van der Waals surface area (Å²) in [6, 6.07) is 0.689. The Hall–Kier alpha value is -0.0800. The first-order valence-electron chi connectivity index (χ1n) is 6.74. The van der Waals surface area contributed by atoms with E-state index in [1.807, 2.05) is 0 Å². The zero-order valence-electron chi connectivity index (χ0n) is 11.7. The average molecular weight is 227 g/mol. The Morgan fingerprint density at radius 3 is 2.56 bits per heavy atom. The maximum atomic E-state index is 5.55. The van der Waals surface area contributed by atoms with Crippen LogP contribution in [0.25, 0.3) is 0 Å². The van der Waals surface area contributed by atoms with Crippen molar-refractivity contribution in [1.29, 1.82) is 0 Å². The van der Waals surface area contributed by atoms with Gasteiger partial charge in [0.2, 0.25) is 0 Å². The zero-order chi connectivity index (χ0) is 12.2. The summed E-state index contributed by atoms with van der Waals surface area (Å²) in [5.41, 5.74) is 0.508. The maximum Gasteiger partial charge on any atom is 0.0594 e. The van der Waals surface area contributed by atoms with E-state index in [9.17, 15) is 0 Å². The Kier molecular flexibility index (Phi) is 5.26. The molecule has 1 N–H and O–H groups in total.